The molecule has 0 fully saturated rings. The number of rotatable bonds is 26. The molecule has 0 bridgehead atoms. The van der Waals surface area contributed by atoms with Crippen molar-refractivity contribution in [1.82, 2.24) is 31.9 Å². The normalized spacial score (nSPS) is 14.9. The Morgan fingerprint density at radius 3 is 1.60 bits per heavy atom. The van der Waals surface area contributed by atoms with Crippen LogP contribution in [0.15, 0.2) is 54.6 Å². The van der Waals surface area contributed by atoms with Gasteiger partial charge in [-0.3, -0.25) is 38.4 Å². The second-order valence-corrected chi connectivity index (χ2v) is 15.7. The van der Waals surface area contributed by atoms with Crippen molar-refractivity contribution in [1.29, 1.82) is 0 Å². The van der Waals surface area contributed by atoms with E-state index in [2.05, 4.69) is 31.9 Å². The largest absolute Gasteiger partial charge is 0.508 e. The summed E-state index contributed by atoms with van der Waals surface area (Å²) in [6.07, 6.45) is -0.949. The van der Waals surface area contributed by atoms with Crippen LogP contribution in [0.25, 0.3) is 0 Å². The molecule has 14 N–H and O–H groups in total. The van der Waals surface area contributed by atoms with Gasteiger partial charge in [0.1, 0.15) is 42.0 Å². The Morgan fingerprint density at radius 2 is 1.08 bits per heavy atom. The number of benzene rings is 2. The molecular weight excluding hydrogens is 807 g/mol. The molecule has 0 unspecified atom stereocenters. The highest BCUT2D eigenvalue weighted by Gasteiger charge is 2.34. The molecule has 62 heavy (non-hydrogen) atoms. The first-order valence-electron chi connectivity index (χ1n) is 20.3. The van der Waals surface area contributed by atoms with Crippen LogP contribution >= 0.6 is 0 Å². The highest BCUT2D eigenvalue weighted by Crippen LogP contribution is 2.14. The third-order valence-electron chi connectivity index (χ3n) is 9.86. The van der Waals surface area contributed by atoms with Crippen molar-refractivity contribution in [3.63, 3.8) is 0 Å². The average molecular weight is 868 g/mol. The van der Waals surface area contributed by atoms with Crippen molar-refractivity contribution in [2.24, 2.45) is 29.0 Å². The number of carbonyl (C=O) groups is 9. The third-order valence-corrected chi connectivity index (χ3v) is 9.86. The van der Waals surface area contributed by atoms with Crippen LogP contribution in [-0.4, -0.2) is 106 Å². The van der Waals surface area contributed by atoms with Gasteiger partial charge in [0.05, 0.1) is 12.5 Å². The van der Waals surface area contributed by atoms with Gasteiger partial charge in [-0.15, -0.1) is 0 Å². The number of aliphatic carboxylic acids is 1. The van der Waals surface area contributed by atoms with Crippen LogP contribution in [-0.2, 0) is 56.0 Å². The number of aromatic hydroxyl groups is 1. The molecule has 0 aromatic heterocycles. The summed E-state index contributed by atoms with van der Waals surface area (Å²) in [5, 5.41) is 34.6. The quantitative estimate of drug-likeness (QED) is 0.0529. The monoisotopic (exact) mass is 867 g/mol. The van der Waals surface area contributed by atoms with Crippen molar-refractivity contribution in [3.05, 3.63) is 65.7 Å². The minimum atomic E-state index is -1.49. The first-order valence-corrected chi connectivity index (χ1v) is 20.3. The fraction of sp³-hybridized carbons (Fsp3) is 0.500. The Kier molecular flexibility index (Phi) is 21.0. The van der Waals surface area contributed by atoms with Crippen LogP contribution < -0.4 is 49.1 Å². The van der Waals surface area contributed by atoms with Crippen molar-refractivity contribution in [2.75, 3.05) is 0 Å². The molecule has 0 aliphatic heterocycles. The number of hydrogen-bond donors (Lipinski definition) is 11. The second kappa shape index (κ2) is 25.3. The van der Waals surface area contributed by atoms with E-state index in [4.69, 9.17) is 17.2 Å². The SMILES string of the molecule is CC[C@H](C)[C@H](NC(=O)[C@H](C)NC(=O)[C@H](Cc1ccccc1)NC(=O)[C@H](CCC(N)=O)NC(=O)[C@H](CC(C)C)NC(=O)[C@H](Cc1ccc(O)cc1)NC(=O)[C@@H](N)CC(N)=O)C(=O)O. The van der Waals surface area contributed by atoms with E-state index in [1.165, 1.54) is 31.2 Å². The van der Waals surface area contributed by atoms with E-state index in [0.717, 1.165) is 0 Å². The summed E-state index contributed by atoms with van der Waals surface area (Å²) >= 11 is 0. The van der Waals surface area contributed by atoms with Crippen LogP contribution in [0.5, 0.6) is 5.75 Å². The lowest BCUT2D eigenvalue weighted by Gasteiger charge is -2.28. The number of phenolic OH excluding ortho intramolecular Hbond substituents is 1. The van der Waals surface area contributed by atoms with Crippen LogP contribution in [0.4, 0.5) is 0 Å². The molecule has 0 saturated heterocycles. The highest BCUT2D eigenvalue weighted by molar-refractivity contribution is 5.97. The number of carboxylic acids is 1. The zero-order valence-corrected chi connectivity index (χ0v) is 35.6. The second-order valence-electron chi connectivity index (χ2n) is 15.7. The number of carboxylic acid groups (broad SMARTS) is 1. The number of hydrogen-bond acceptors (Lipinski definition) is 11. The van der Waals surface area contributed by atoms with E-state index in [-0.39, 0.29) is 43.8 Å². The fourth-order valence-corrected chi connectivity index (χ4v) is 6.14. The summed E-state index contributed by atoms with van der Waals surface area (Å²) in [5.41, 5.74) is 17.5. The number of amides is 8. The zero-order valence-electron chi connectivity index (χ0n) is 35.6. The molecule has 0 heterocycles. The van der Waals surface area contributed by atoms with E-state index in [9.17, 15) is 53.4 Å². The molecule has 20 heteroatoms. The molecule has 2 rings (SSSR count). The van der Waals surface area contributed by atoms with Gasteiger partial charge in [-0.05, 0) is 54.9 Å². The van der Waals surface area contributed by atoms with E-state index < -0.39 is 108 Å². The van der Waals surface area contributed by atoms with Gasteiger partial charge in [-0.1, -0.05) is 76.6 Å². The summed E-state index contributed by atoms with van der Waals surface area (Å²) < 4.78 is 0. The molecule has 2 aromatic rings. The minimum Gasteiger partial charge on any atom is -0.508 e. The predicted octanol–water partition coefficient (Wildman–Crippen LogP) is -1.25. The molecule has 0 aliphatic rings. The summed E-state index contributed by atoms with van der Waals surface area (Å²) in [5.74, 6) is -8.68. The Morgan fingerprint density at radius 1 is 0.597 bits per heavy atom. The Balaban J connectivity index is 2.40. The van der Waals surface area contributed by atoms with Crippen LogP contribution in [0, 0.1) is 11.8 Å². The average Bonchev–Trinajstić information content (AvgIpc) is 3.20. The molecule has 0 radical (unpaired) electrons. The van der Waals surface area contributed by atoms with Crippen molar-refractivity contribution < 1.29 is 53.4 Å². The lowest BCUT2D eigenvalue weighted by atomic mass is 9.99. The van der Waals surface area contributed by atoms with Crippen molar-refractivity contribution >= 4 is 53.2 Å². The molecular formula is C42H61N9O11. The van der Waals surface area contributed by atoms with Gasteiger partial charge in [-0.2, -0.15) is 0 Å². The molecule has 340 valence electrons. The number of carbonyl (C=O) groups excluding carboxylic acids is 8. The summed E-state index contributed by atoms with van der Waals surface area (Å²) in [7, 11) is 0. The highest BCUT2D eigenvalue weighted by atomic mass is 16.4. The van der Waals surface area contributed by atoms with E-state index in [0.29, 0.717) is 17.5 Å². The van der Waals surface area contributed by atoms with Crippen molar-refractivity contribution in [2.45, 2.75) is 122 Å². The van der Waals surface area contributed by atoms with E-state index in [1.54, 1.807) is 58.0 Å². The lowest BCUT2D eigenvalue weighted by Crippen LogP contribution is -2.60. The van der Waals surface area contributed by atoms with Gasteiger partial charge in [0.15, 0.2) is 0 Å². The minimum absolute atomic E-state index is 0.0293. The molecule has 0 saturated carbocycles. The van der Waals surface area contributed by atoms with Crippen LogP contribution in [0.3, 0.4) is 0 Å². The number of primary amides is 2. The maximum atomic E-state index is 14.0. The third kappa shape index (κ3) is 18.0. The topological polar surface area (TPSA) is 344 Å². The van der Waals surface area contributed by atoms with E-state index in [1.807, 2.05) is 0 Å². The number of phenols is 1. The fourth-order valence-electron chi connectivity index (χ4n) is 6.14. The van der Waals surface area contributed by atoms with Gasteiger partial charge in [-0.25, -0.2) is 4.79 Å². The number of nitrogens with one attached hydrogen (secondary N) is 6. The van der Waals surface area contributed by atoms with Crippen LogP contribution in [0.1, 0.15) is 77.8 Å². The lowest BCUT2D eigenvalue weighted by molar-refractivity contribution is -0.143. The maximum Gasteiger partial charge on any atom is 0.326 e. The first kappa shape index (κ1) is 51.6. The standard InChI is InChI=1S/C42H61N9O11/c1-6-23(4)35(42(61)62)51-36(55)24(5)46-39(58)31(19-25-10-8-7-9-11-25)50-38(57)29(16-17-33(44)53)47-40(59)30(18-22(2)3)49-41(60)32(20-26-12-14-27(52)15-13-26)48-37(56)28(43)21-34(45)54/h7-15,22-24,28-32,35,52H,6,16-21,43H2,1-5H3,(H2,44,53)(H2,45,54)(H,46,58)(H,47,59)(H,48,56)(H,49,60)(H,50,57)(H,51,55)(H,61,62)/t23-,24-,28-,29-,30-,31-,32-,35-/m0/s1. The van der Waals surface area contributed by atoms with E-state index >= 15 is 0 Å². The summed E-state index contributed by atoms with van der Waals surface area (Å²) in [6, 6.07) is 4.93. The van der Waals surface area contributed by atoms with Gasteiger partial charge < -0.3 is 59.3 Å². The summed E-state index contributed by atoms with van der Waals surface area (Å²) in [6.45, 7) is 8.30. The van der Waals surface area contributed by atoms with Gasteiger partial charge in [0.25, 0.3) is 0 Å². The Hall–Kier alpha value is -6.57. The molecule has 2 aromatic carbocycles. The Bertz CT molecular complexity index is 1880. The number of nitrogens with two attached hydrogens (primary N) is 3. The smallest absolute Gasteiger partial charge is 0.326 e. The molecule has 0 aliphatic carbocycles. The maximum absolute atomic E-state index is 14.0. The molecule has 0 spiro atoms. The molecule has 8 amide bonds. The van der Waals surface area contributed by atoms with Crippen molar-refractivity contribution in [3.8, 4) is 5.75 Å². The zero-order chi connectivity index (χ0) is 46.7. The van der Waals surface area contributed by atoms with Crippen LogP contribution in [0.2, 0.25) is 0 Å². The van der Waals surface area contributed by atoms with Gasteiger partial charge >= 0.3 is 5.97 Å². The van der Waals surface area contributed by atoms with Gasteiger partial charge in [0, 0.05) is 19.3 Å². The van der Waals surface area contributed by atoms with Gasteiger partial charge in [0.2, 0.25) is 47.3 Å². The molecule has 8 atom stereocenters. The predicted molar refractivity (Wildman–Crippen MR) is 226 cm³/mol. The summed E-state index contributed by atoms with van der Waals surface area (Å²) in [4.78, 5) is 117. The molecule has 20 nitrogen and oxygen atoms in total. The Labute approximate surface area is 360 Å². The first-order chi connectivity index (χ1) is 29.1.